The average Bonchev–Trinajstić information content (AvgIpc) is 2.79. The van der Waals surface area contributed by atoms with Crippen molar-refractivity contribution >= 4 is 34.2 Å². The van der Waals surface area contributed by atoms with E-state index >= 15 is 0 Å². The molecule has 0 saturated carbocycles. The Hall–Kier alpha value is -2.42. The number of carbonyl (C=O) groups excluding carboxylic acids is 1. The highest BCUT2D eigenvalue weighted by molar-refractivity contribution is 6.03. The van der Waals surface area contributed by atoms with Gasteiger partial charge in [0.1, 0.15) is 11.8 Å². The Labute approximate surface area is 97.4 Å². The first-order valence-electron chi connectivity index (χ1n) is 5.28. The summed E-state index contributed by atoms with van der Waals surface area (Å²) in [5, 5.41) is 2.18. The normalized spacial score (nSPS) is 11.5. The third kappa shape index (κ3) is 1.61. The van der Waals surface area contributed by atoms with Crippen molar-refractivity contribution in [2.24, 2.45) is 0 Å². The molecule has 0 radical (unpaired) electrons. The molecule has 0 aliphatic rings. The van der Waals surface area contributed by atoms with Crippen molar-refractivity contribution < 1.29 is 9.21 Å². The molecule has 0 N–H and O–H groups in total. The molecule has 0 bridgehead atoms. The van der Waals surface area contributed by atoms with Gasteiger partial charge in [-0.2, -0.15) is 0 Å². The SMILES string of the molecule is O=CC=Cc1nc2c(ccc3ccccc32)o1. The van der Waals surface area contributed by atoms with E-state index < -0.39 is 0 Å². The summed E-state index contributed by atoms with van der Waals surface area (Å²) < 4.78 is 5.52. The van der Waals surface area contributed by atoms with Gasteiger partial charge in [-0.3, -0.25) is 4.79 Å². The van der Waals surface area contributed by atoms with Gasteiger partial charge in [0, 0.05) is 11.5 Å². The Kier molecular flexibility index (Phi) is 2.22. The van der Waals surface area contributed by atoms with E-state index in [9.17, 15) is 4.79 Å². The molecule has 0 amide bonds. The van der Waals surface area contributed by atoms with E-state index in [1.807, 2.05) is 36.4 Å². The smallest absolute Gasteiger partial charge is 0.220 e. The fourth-order valence-corrected chi connectivity index (χ4v) is 1.87. The number of allylic oxidation sites excluding steroid dienone is 1. The van der Waals surface area contributed by atoms with Gasteiger partial charge in [0.25, 0.3) is 0 Å². The van der Waals surface area contributed by atoms with Crippen molar-refractivity contribution in [1.82, 2.24) is 4.98 Å². The fourth-order valence-electron chi connectivity index (χ4n) is 1.87. The van der Waals surface area contributed by atoms with Crippen molar-refractivity contribution in [2.75, 3.05) is 0 Å². The number of benzene rings is 2. The summed E-state index contributed by atoms with van der Waals surface area (Å²) in [5.74, 6) is 0.448. The second kappa shape index (κ2) is 3.87. The highest BCUT2D eigenvalue weighted by Crippen LogP contribution is 2.25. The highest BCUT2D eigenvalue weighted by Gasteiger charge is 2.06. The number of nitrogens with zero attached hydrogens (tertiary/aromatic N) is 1. The number of hydrogen-bond donors (Lipinski definition) is 0. The number of oxazole rings is 1. The van der Waals surface area contributed by atoms with E-state index in [0.29, 0.717) is 12.2 Å². The number of aldehydes is 1. The molecular formula is C14H9NO2. The maximum atomic E-state index is 10.2. The standard InChI is InChI=1S/C14H9NO2/c16-9-3-6-13-15-14-11-5-2-1-4-10(11)7-8-12(14)17-13/h1-9H. The fraction of sp³-hybridized carbons (Fsp3) is 0. The molecule has 17 heavy (non-hydrogen) atoms. The number of fused-ring (bicyclic) bond motifs is 3. The van der Waals surface area contributed by atoms with Crippen molar-refractivity contribution in [3.8, 4) is 0 Å². The van der Waals surface area contributed by atoms with Crippen LogP contribution in [0, 0.1) is 0 Å². The molecule has 0 saturated heterocycles. The Bertz CT molecular complexity index is 725. The summed E-state index contributed by atoms with van der Waals surface area (Å²) in [5.41, 5.74) is 1.56. The van der Waals surface area contributed by atoms with E-state index in [-0.39, 0.29) is 0 Å². The number of rotatable bonds is 2. The summed E-state index contributed by atoms with van der Waals surface area (Å²) in [6, 6.07) is 11.9. The number of aromatic nitrogens is 1. The third-order valence-corrected chi connectivity index (χ3v) is 2.62. The van der Waals surface area contributed by atoms with Crippen LogP contribution in [0.25, 0.3) is 27.9 Å². The lowest BCUT2D eigenvalue weighted by atomic mass is 10.1. The summed E-state index contributed by atoms with van der Waals surface area (Å²) in [7, 11) is 0. The minimum absolute atomic E-state index is 0.448. The zero-order valence-corrected chi connectivity index (χ0v) is 8.96. The molecule has 0 fully saturated rings. The quantitative estimate of drug-likeness (QED) is 0.495. The van der Waals surface area contributed by atoms with Gasteiger partial charge >= 0.3 is 0 Å². The Balaban J connectivity index is 2.31. The molecule has 0 aliphatic heterocycles. The van der Waals surface area contributed by atoms with E-state index in [4.69, 9.17) is 4.42 Å². The lowest BCUT2D eigenvalue weighted by Gasteiger charge is -1.95. The van der Waals surface area contributed by atoms with Crippen LogP contribution >= 0.6 is 0 Å². The first-order valence-corrected chi connectivity index (χ1v) is 5.28. The second-order valence-corrected chi connectivity index (χ2v) is 3.68. The summed E-state index contributed by atoms with van der Waals surface area (Å²) >= 11 is 0. The zero-order valence-electron chi connectivity index (χ0n) is 8.96. The van der Waals surface area contributed by atoms with Gasteiger partial charge in [0.2, 0.25) is 5.89 Å². The van der Waals surface area contributed by atoms with Gasteiger partial charge < -0.3 is 4.42 Å². The summed E-state index contributed by atoms with van der Waals surface area (Å²) in [6.07, 6.45) is 3.63. The lowest BCUT2D eigenvalue weighted by molar-refractivity contribution is -0.104. The minimum Gasteiger partial charge on any atom is -0.437 e. The van der Waals surface area contributed by atoms with Crippen molar-refractivity contribution in [3.05, 3.63) is 48.4 Å². The predicted molar refractivity (Wildman–Crippen MR) is 66.6 cm³/mol. The molecule has 0 unspecified atom stereocenters. The van der Waals surface area contributed by atoms with Gasteiger partial charge in [-0.05, 0) is 17.5 Å². The van der Waals surface area contributed by atoms with Crippen molar-refractivity contribution in [3.63, 3.8) is 0 Å². The number of carbonyl (C=O) groups is 1. The maximum absolute atomic E-state index is 10.2. The first-order chi connectivity index (χ1) is 8.38. The topological polar surface area (TPSA) is 43.1 Å². The van der Waals surface area contributed by atoms with E-state index in [0.717, 1.165) is 21.9 Å². The Morgan fingerprint density at radius 2 is 2.00 bits per heavy atom. The Morgan fingerprint density at radius 3 is 2.88 bits per heavy atom. The molecule has 2 aromatic carbocycles. The van der Waals surface area contributed by atoms with Gasteiger partial charge in [-0.15, -0.1) is 0 Å². The van der Waals surface area contributed by atoms with Crippen LogP contribution in [0.3, 0.4) is 0 Å². The average molecular weight is 223 g/mol. The van der Waals surface area contributed by atoms with Gasteiger partial charge in [-0.1, -0.05) is 30.3 Å². The van der Waals surface area contributed by atoms with Crippen LogP contribution in [0.15, 0.2) is 46.9 Å². The van der Waals surface area contributed by atoms with Crippen molar-refractivity contribution in [1.29, 1.82) is 0 Å². The monoisotopic (exact) mass is 223 g/mol. The summed E-state index contributed by atoms with van der Waals surface area (Å²) in [6.45, 7) is 0. The van der Waals surface area contributed by atoms with Crippen LogP contribution in [-0.4, -0.2) is 11.3 Å². The molecule has 3 nitrogen and oxygen atoms in total. The molecular weight excluding hydrogens is 214 g/mol. The van der Waals surface area contributed by atoms with E-state index in [2.05, 4.69) is 4.98 Å². The van der Waals surface area contributed by atoms with E-state index in [1.165, 1.54) is 6.08 Å². The van der Waals surface area contributed by atoms with Gasteiger partial charge in [0.05, 0.1) is 0 Å². The lowest BCUT2D eigenvalue weighted by Crippen LogP contribution is -1.75. The molecule has 82 valence electrons. The minimum atomic E-state index is 0.448. The van der Waals surface area contributed by atoms with Crippen LogP contribution in [-0.2, 0) is 4.79 Å². The molecule has 3 aromatic rings. The molecule has 0 spiro atoms. The van der Waals surface area contributed by atoms with Crippen LogP contribution in [0.5, 0.6) is 0 Å². The van der Waals surface area contributed by atoms with Crippen LogP contribution in [0.1, 0.15) is 5.89 Å². The first kappa shape index (κ1) is 9.78. The third-order valence-electron chi connectivity index (χ3n) is 2.62. The molecule has 0 aliphatic carbocycles. The van der Waals surface area contributed by atoms with Gasteiger partial charge in [0.15, 0.2) is 5.58 Å². The molecule has 0 atom stereocenters. The van der Waals surface area contributed by atoms with Crippen LogP contribution < -0.4 is 0 Å². The highest BCUT2D eigenvalue weighted by atomic mass is 16.3. The van der Waals surface area contributed by atoms with E-state index in [1.54, 1.807) is 6.08 Å². The molecule has 3 heteroatoms. The maximum Gasteiger partial charge on any atom is 0.220 e. The van der Waals surface area contributed by atoms with Gasteiger partial charge in [-0.25, -0.2) is 4.98 Å². The van der Waals surface area contributed by atoms with Crippen molar-refractivity contribution in [2.45, 2.75) is 0 Å². The Morgan fingerprint density at radius 1 is 1.12 bits per heavy atom. The molecule has 1 heterocycles. The van der Waals surface area contributed by atoms with Crippen LogP contribution in [0.4, 0.5) is 0 Å². The van der Waals surface area contributed by atoms with Crippen LogP contribution in [0.2, 0.25) is 0 Å². The number of hydrogen-bond acceptors (Lipinski definition) is 3. The molecule has 3 rings (SSSR count). The predicted octanol–water partition coefficient (Wildman–Crippen LogP) is 3.19. The second-order valence-electron chi connectivity index (χ2n) is 3.68. The summed E-state index contributed by atoms with van der Waals surface area (Å²) in [4.78, 5) is 14.6. The zero-order chi connectivity index (χ0) is 11.7. The molecule has 1 aromatic heterocycles. The largest absolute Gasteiger partial charge is 0.437 e.